The Labute approximate surface area is 167 Å². The first-order valence-corrected chi connectivity index (χ1v) is 10.5. The van der Waals surface area contributed by atoms with Crippen molar-refractivity contribution in [3.05, 3.63) is 48.4 Å². The van der Waals surface area contributed by atoms with Crippen LogP contribution in [0.3, 0.4) is 0 Å². The summed E-state index contributed by atoms with van der Waals surface area (Å²) in [4.78, 5) is 4.34. The van der Waals surface area contributed by atoms with E-state index in [-0.39, 0.29) is 5.69 Å². The summed E-state index contributed by atoms with van der Waals surface area (Å²) in [6, 6.07) is 9.58. The van der Waals surface area contributed by atoms with Crippen molar-refractivity contribution in [3.8, 4) is 11.5 Å². The molecule has 29 heavy (non-hydrogen) atoms. The molecule has 0 bridgehead atoms. The number of nitrogens with zero attached hydrogens (tertiary/aromatic N) is 1. The zero-order valence-electron chi connectivity index (χ0n) is 15.9. The summed E-state index contributed by atoms with van der Waals surface area (Å²) in [7, 11) is -0.427. The van der Waals surface area contributed by atoms with Crippen LogP contribution in [0.1, 0.15) is 12.8 Å². The third-order valence-corrected chi connectivity index (χ3v) is 6.56. The van der Waals surface area contributed by atoms with Crippen LogP contribution < -0.4 is 19.5 Å². The van der Waals surface area contributed by atoms with Crippen LogP contribution in [0.15, 0.2) is 42.6 Å². The Bertz CT molecular complexity index is 1180. The van der Waals surface area contributed by atoms with Crippen LogP contribution >= 0.6 is 0 Å². The lowest BCUT2D eigenvalue weighted by Gasteiger charge is -2.14. The van der Waals surface area contributed by atoms with Crippen LogP contribution in [0.4, 0.5) is 21.5 Å². The highest BCUT2D eigenvalue weighted by atomic mass is 32.2. The lowest BCUT2D eigenvalue weighted by molar-refractivity contribution is 0.356. The van der Waals surface area contributed by atoms with E-state index in [2.05, 4.69) is 15.0 Å². The number of nitrogens with one attached hydrogen (secondary N) is 2. The first-order chi connectivity index (χ1) is 13.9. The van der Waals surface area contributed by atoms with Gasteiger partial charge < -0.3 is 14.8 Å². The number of halogens is 1. The molecule has 3 aromatic rings. The van der Waals surface area contributed by atoms with Crippen molar-refractivity contribution in [1.82, 2.24) is 4.98 Å². The molecule has 1 fully saturated rings. The van der Waals surface area contributed by atoms with Gasteiger partial charge in [0.15, 0.2) is 11.5 Å². The molecule has 0 unspecified atom stereocenters. The second-order valence-electron chi connectivity index (χ2n) is 6.75. The van der Waals surface area contributed by atoms with Gasteiger partial charge in [-0.1, -0.05) is 0 Å². The van der Waals surface area contributed by atoms with Crippen molar-refractivity contribution in [2.45, 2.75) is 18.1 Å². The first kappa shape index (κ1) is 19.3. The van der Waals surface area contributed by atoms with Gasteiger partial charge in [0.05, 0.1) is 30.7 Å². The van der Waals surface area contributed by atoms with E-state index in [0.29, 0.717) is 41.2 Å². The molecule has 1 aromatic heterocycles. The molecular weight excluding hydrogens is 397 g/mol. The third kappa shape index (κ3) is 3.91. The highest BCUT2D eigenvalue weighted by Crippen LogP contribution is 2.36. The minimum Gasteiger partial charge on any atom is -0.493 e. The number of benzene rings is 2. The predicted molar refractivity (Wildman–Crippen MR) is 110 cm³/mol. The average molecular weight is 417 g/mol. The van der Waals surface area contributed by atoms with Crippen molar-refractivity contribution in [1.29, 1.82) is 0 Å². The van der Waals surface area contributed by atoms with Crippen molar-refractivity contribution in [2.24, 2.45) is 0 Å². The summed E-state index contributed by atoms with van der Waals surface area (Å²) >= 11 is 0. The van der Waals surface area contributed by atoms with Gasteiger partial charge in [0.25, 0.3) is 0 Å². The van der Waals surface area contributed by atoms with Gasteiger partial charge in [-0.25, -0.2) is 12.8 Å². The van der Waals surface area contributed by atoms with Crippen LogP contribution in [-0.2, 0) is 10.0 Å². The molecule has 1 aliphatic carbocycles. The maximum Gasteiger partial charge on any atom is 0.235 e. The predicted octanol–water partition coefficient (Wildman–Crippen LogP) is 4.04. The Morgan fingerprint density at radius 2 is 1.76 bits per heavy atom. The molecule has 0 spiro atoms. The number of ether oxygens (including phenoxy) is 2. The number of methoxy groups -OCH3 is 2. The van der Waals surface area contributed by atoms with Gasteiger partial charge in [-0.15, -0.1) is 0 Å². The molecule has 152 valence electrons. The van der Waals surface area contributed by atoms with Gasteiger partial charge in [0.2, 0.25) is 10.0 Å². The van der Waals surface area contributed by atoms with E-state index in [1.54, 1.807) is 44.7 Å². The summed E-state index contributed by atoms with van der Waals surface area (Å²) in [5.74, 6) is 0.451. The highest BCUT2D eigenvalue weighted by molar-refractivity contribution is 7.93. The van der Waals surface area contributed by atoms with Crippen LogP contribution in [0.5, 0.6) is 11.5 Å². The molecule has 0 aliphatic heterocycles. The second-order valence-corrected chi connectivity index (χ2v) is 8.71. The quantitative estimate of drug-likeness (QED) is 0.603. The minimum atomic E-state index is -3.52. The monoisotopic (exact) mass is 417 g/mol. The number of rotatable bonds is 7. The Hall–Kier alpha value is -3.07. The Morgan fingerprint density at radius 3 is 2.41 bits per heavy atom. The number of aromatic nitrogens is 1. The number of sulfonamides is 1. The van der Waals surface area contributed by atoms with Gasteiger partial charge in [-0.3, -0.25) is 9.71 Å². The number of hydrogen-bond acceptors (Lipinski definition) is 6. The molecule has 0 saturated heterocycles. The SMILES string of the molecule is COc1cc2nccc(Nc3ccc(NS(=O)(=O)C4CC4)c(F)c3)c2cc1OC. The normalized spacial score (nSPS) is 13.9. The van der Waals surface area contributed by atoms with Crippen LogP contribution in [0, 0.1) is 5.82 Å². The van der Waals surface area contributed by atoms with Gasteiger partial charge in [0.1, 0.15) is 5.82 Å². The Balaban J connectivity index is 1.63. The largest absolute Gasteiger partial charge is 0.493 e. The van der Waals surface area contributed by atoms with Crippen molar-refractivity contribution < 1.29 is 22.3 Å². The number of pyridine rings is 1. The summed E-state index contributed by atoms with van der Waals surface area (Å²) in [6.07, 6.45) is 2.85. The zero-order valence-corrected chi connectivity index (χ0v) is 16.7. The summed E-state index contributed by atoms with van der Waals surface area (Å²) < 4.78 is 51.5. The molecule has 0 atom stereocenters. The molecule has 1 saturated carbocycles. The van der Waals surface area contributed by atoms with Gasteiger partial charge in [0, 0.05) is 29.0 Å². The zero-order chi connectivity index (χ0) is 20.6. The molecule has 0 amide bonds. The minimum absolute atomic E-state index is 0.0616. The highest BCUT2D eigenvalue weighted by Gasteiger charge is 2.36. The average Bonchev–Trinajstić information content (AvgIpc) is 3.55. The molecule has 4 rings (SSSR count). The summed E-state index contributed by atoms with van der Waals surface area (Å²) in [6.45, 7) is 0. The molecule has 1 aliphatic rings. The number of hydrogen-bond donors (Lipinski definition) is 2. The fraction of sp³-hybridized carbons (Fsp3) is 0.250. The lowest BCUT2D eigenvalue weighted by atomic mass is 10.1. The Kier molecular flexibility index (Phi) is 4.91. The smallest absolute Gasteiger partial charge is 0.235 e. The van der Waals surface area contributed by atoms with E-state index < -0.39 is 21.1 Å². The number of anilines is 3. The van der Waals surface area contributed by atoms with E-state index in [0.717, 1.165) is 5.39 Å². The van der Waals surface area contributed by atoms with Crippen molar-refractivity contribution in [3.63, 3.8) is 0 Å². The van der Waals surface area contributed by atoms with Crippen molar-refractivity contribution in [2.75, 3.05) is 24.3 Å². The van der Waals surface area contributed by atoms with Crippen LogP contribution in [-0.4, -0.2) is 32.9 Å². The first-order valence-electron chi connectivity index (χ1n) is 9.00. The molecule has 1 heterocycles. The number of fused-ring (bicyclic) bond motifs is 1. The van der Waals surface area contributed by atoms with E-state index in [9.17, 15) is 12.8 Å². The lowest BCUT2D eigenvalue weighted by Crippen LogP contribution is -2.18. The molecule has 0 radical (unpaired) electrons. The van der Waals surface area contributed by atoms with Crippen LogP contribution in [0.25, 0.3) is 10.9 Å². The molecular formula is C20H20FN3O4S. The van der Waals surface area contributed by atoms with E-state index >= 15 is 0 Å². The van der Waals surface area contributed by atoms with Crippen LogP contribution in [0.2, 0.25) is 0 Å². The van der Waals surface area contributed by atoms with E-state index in [1.165, 1.54) is 12.1 Å². The Morgan fingerprint density at radius 1 is 1.03 bits per heavy atom. The van der Waals surface area contributed by atoms with Gasteiger partial charge in [-0.05, 0) is 43.2 Å². The molecule has 2 N–H and O–H groups in total. The van der Waals surface area contributed by atoms with E-state index in [1.807, 2.05) is 0 Å². The van der Waals surface area contributed by atoms with Gasteiger partial charge >= 0.3 is 0 Å². The standard InChI is InChI=1S/C20H20FN3O4S/c1-27-19-10-14-16(7-8-22-18(14)11-20(19)28-2)23-12-3-6-17(15(21)9-12)24-29(25,26)13-4-5-13/h3,6-11,13,24H,4-5H2,1-2H3,(H,22,23). The van der Waals surface area contributed by atoms with Gasteiger partial charge in [-0.2, -0.15) is 0 Å². The molecule has 7 nitrogen and oxygen atoms in total. The van der Waals surface area contributed by atoms with Crippen molar-refractivity contribution >= 4 is 38.0 Å². The molecule has 2 aromatic carbocycles. The maximum absolute atomic E-state index is 14.5. The fourth-order valence-corrected chi connectivity index (χ4v) is 4.42. The second kappa shape index (κ2) is 7.40. The fourth-order valence-electron chi connectivity index (χ4n) is 3.03. The van der Waals surface area contributed by atoms with E-state index in [4.69, 9.17) is 9.47 Å². The summed E-state index contributed by atoms with van der Waals surface area (Å²) in [5.41, 5.74) is 1.79. The topological polar surface area (TPSA) is 89.5 Å². The maximum atomic E-state index is 14.5. The third-order valence-electron chi connectivity index (χ3n) is 4.71. The summed E-state index contributed by atoms with van der Waals surface area (Å²) in [5, 5.41) is 3.49. The molecule has 9 heteroatoms.